The first-order valence-electron chi connectivity index (χ1n) is 5.69. The van der Waals surface area contributed by atoms with Crippen LogP contribution < -0.4 is 0 Å². The van der Waals surface area contributed by atoms with E-state index in [1.807, 2.05) is 0 Å². The molecule has 6 heteroatoms. The number of piperidine rings is 1. The van der Waals surface area contributed by atoms with E-state index < -0.39 is 15.8 Å². The maximum atomic E-state index is 13.1. The van der Waals surface area contributed by atoms with Gasteiger partial charge in [0.1, 0.15) is 11.6 Å². The molecule has 0 N–H and O–H groups in total. The Morgan fingerprint density at radius 1 is 1.33 bits per heavy atom. The molecule has 0 spiro atoms. The van der Waals surface area contributed by atoms with E-state index >= 15 is 0 Å². The monoisotopic (exact) mass is 271 g/mol. The molecule has 1 aliphatic rings. The molecule has 0 unspecified atom stereocenters. The number of nitrogens with zero attached hydrogens (tertiary/aromatic N) is 1. The molecule has 1 aliphatic heterocycles. The Balaban J connectivity index is 2.35. The predicted octanol–water partition coefficient (Wildman–Crippen LogP) is 1.49. The smallest absolute Gasteiger partial charge is 0.243 e. The van der Waals surface area contributed by atoms with Gasteiger partial charge in [-0.25, -0.2) is 12.8 Å². The van der Waals surface area contributed by atoms with Crippen molar-refractivity contribution in [2.75, 3.05) is 13.1 Å². The number of halogens is 1. The quantitative estimate of drug-likeness (QED) is 0.819. The lowest BCUT2D eigenvalue weighted by molar-refractivity contribution is -0.120. The molecule has 4 nitrogen and oxygen atoms in total. The molecule has 0 amide bonds. The van der Waals surface area contributed by atoms with Crippen LogP contribution in [0.1, 0.15) is 18.4 Å². The normalized spacial score (nSPS) is 18.0. The molecule has 0 aliphatic carbocycles. The van der Waals surface area contributed by atoms with Crippen LogP contribution in [0, 0.1) is 12.7 Å². The van der Waals surface area contributed by atoms with Gasteiger partial charge in [-0.15, -0.1) is 0 Å². The number of benzene rings is 1. The van der Waals surface area contributed by atoms with Crippen LogP contribution >= 0.6 is 0 Å². The number of carbonyl (C=O) groups is 1. The van der Waals surface area contributed by atoms with Gasteiger partial charge in [0.2, 0.25) is 10.0 Å². The van der Waals surface area contributed by atoms with Crippen molar-refractivity contribution in [1.82, 2.24) is 4.31 Å². The van der Waals surface area contributed by atoms with Gasteiger partial charge in [0.25, 0.3) is 0 Å². The molecule has 0 bridgehead atoms. The SMILES string of the molecule is Cc1cc(S(=O)(=O)N2CCCC(=O)C2)ccc1F. The fourth-order valence-electron chi connectivity index (χ4n) is 1.94. The molecule has 1 fully saturated rings. The fourth-order valence-corrected chi connectivity index (χ4v) is 3.49. The summed E-state index contributed by atoms with van der Waals surface area (Å²) < 4.78 is 38.8. The van der Waals surface area contributed by atoms with E-state index in [-0.39, 0.29) is 22.8 Å². The molecular weight excluding hydrogens is 257 g/mol. The summed E-state index contributed by atoms with van der Waals surface area (Å²) in [6.07, 6.45) is 0.965. The summed E-state index contributed by atoms with van der Waals surface area (Å²) >= 11 is 0. The third-order valence-electron chi connectivity index (χ3n) is 2.98. The number of aryl methyl sites for hydroxylation is 1. The summed E-state index contributed by atoms with van der Waals surface area (Å²) in [6.45, 7) is 1.76. The number of ketones is 1. The molecule has 1 aromatic rings. The van der Waals surface area contributed by atoms with Gasteiger partial charge in [0.05, 0.1) is 11.4 Å². The van der Waals surface area contributed by atoms with E-state index in [4.69, 9.17) is 0 Å². The molecule has 18 heavy (non-hydrogen) atoms. The highest BCUT2D eigenvalue weighted by Crippen LogP contribution is 2.21. The van der Waals surface area contributed by atoms with Crippen molar-refractivity contribution >= 4 is 15.8 Å². The average Bonchev–Trinajstić information content (AvgIpc) is 2.32. The lowest BCUT2D eigenvalue weighted by Crippen LogP contribution is -2.40. The van der Waals surface area contributed by atoms with E-state index in [9.17, 15) is 17.6 Å². The third-order valence-corrected chi connectivity index (χ3v) is 4.82. The fraction of sp³-hybridized carbons (Fsp3) is 0.417. The van der Waals surface area contributed by atoms with Gasteiger partial charge in [-0.1, -0.05) is 0 Å². The van der Waals surface area contributed by atoms with Crippen molar-refractivity contribution < 1.29 is 17.6 Å². The minimum absolute atomic E-state index is 0.0381. The van der Waals surface area contributed by atoms with Gasteiger partial charge in [-0.2, -0.15) is 4.31 Å². The zero-order chi connectivity index (χ0) is 13.3. The van der Waals surface area contributed by atoms with Crippen molar-refractivity contribution in [3.8, 4) is 0 Å². The van der Waals surface area contributed by atoms with Gasteiger partial charge in [0.15, 0.2) is 0 Å². The van der Waals surface area contributed by atoms with Crippen molar-refractivity contribution in [3.63, 3.8) is 0 Å². The van der Waals surface area contributed by atoms with E-state index in [2.05, 4.69) is 0 Å². The molecule has 98 valence electrons. The first-order chi connectivity index (χ1) is 8.41. The zero-order valence-corrected chi connectivity index (χ0v) is 10.8. The van der Waals surface area contributed by atoms with Gasteiger partial charge in [-0.05, 0) is 37.1 Å². The van der Waals surface area contributed by atoms with E-state index in [0.29, 0.717) is 19.4 Å². The topological polar surface area (TPSA) is 54.5 Å². The second kappa shape index (κ2) is 4.78. The number of hydrogen-bond donors (Lipinski definition) is 0. The Bertz CT molecular complexity index is 583. The number of rotatable bonds is 2. The Morgan fingerprint density at radius 3 is 2.67 bits per heavy atom. The van der Waals surface area contributed by atoms with E-state index in [1.54, 1.807) is 0 Å². The lowest BCUT2D eigenvalue weighted by Gasteiger charge is -2.25. The summed E-state index contributed by atoms with van der Waals surface area (Å²) in [5.74, 6) is -0.521. The first kappa shape index (κ1) is 13.2. The van der Waals surface area contributed by atoms with Crippen molar-refractivity contribution in [2.45, 2.75) is 24.7 Å². The van der Waals surface area contributed by atoms with Gasteiger partial charge < -0.3 is 0 Å². The van der Waals surface area contributed by atoms with Gasteiger partial charge in [0, 0.05) is 13.0 Å². The second-order valence-corrected chi connectivity index (χ2v) is 6.33. The molecule has 2 rings (SSSR count). The van der Waals surface area contributed by atoms with Crippen molar-refractivity contribution in [2.24, 2.45) is 0 Å². The molecule has 0 radical (unpaired) electrons. The van der Waals surface area contributed by atoms with Gasteiger partial charge >= 0.3 is 0 Å². The summed E-state index contributed by atoms with van der Waals surface area (Å²) in [7, 11) is -3.69. The molecule has 0 aromatic heterocycles. The maximum Gasteiger partial charge on any atom is 0.243 e. The summed E-state index contributed by atoms with van der Waals surface area (Å²) in [6, 6.07) is 3.66. The van der Waals surface area contributed by atoms with Crippen LogP contribution in [0.2, 0.25) is 0 Å². The largest absolute Gasteiger partial charge is 0.298 e. The Kier molecular flexibility index (Phi) is 3.49. The highest BCUT2D eigenvalue weighted by atomic mass is 32.2. The Morgan fingerprint density at radius 2 is 2.06 bits per heavy atom. The van der Waals surface area contributed by atoms with Crippen molar-refractivity contribution in [3.05, 3.63) is 29.6 Å². The molecule has 0 saturated carbocycles. The van der Waals surface area contributed by atoms with Crippen LogP contribution in [0.15, 0.2) is 23.1 Å². The van der Waals surface area contributed by atoms with Crippen molar-refractivity contribution in [1.29, 1.82) is 0 Å². The van der Waals surface area contributed by atoms with Crippen LogP contribution in [-0.2, 0) is 14.8 Å². The standard InChI is InChI=1S/C12H14FNO3S/c1-9-7-11(4-5-12(9)13)18(16,17)14-6-2-3-10(15)8-14/h4-5,7H,2-3,6,8H2,1H3. The Hall–Kier alpha value is -1.27. The summed E-state index contributed by atoms with van der Waals surface area (Å²) in [4.78, 5) is 11.3. The lowest BCUT2D eigenvalue weighted by atomic mass is 10.1. The number of Topliss-reactive ketones (excluding diaryl/α,β-unsaturated/α-hetero) is 1. The van der Waals surface area contributed by atoms with E-state index in [1.165, 1.54) is 19.1 Å². The number of hydrogen-bond acceptors (Lipinski definition) is 3. The maximum absolute atomic E-state index is 13.1. The van der Waals surface area contributed by atoms with Crippen LogP contribution in [0.3, 0.4) is 0 Å². The molecule has 1 saturated heterocycles. The Labute approximate surface area is 105 Å². The second-order valence-electron chi connectivity index (χ2n) is 4.39. The van der Waals surface area contributed by atoms with Crippen LogP contribution in [-0.4, -0.2) is 31.6 Å². The van der Waals surface area contributed by atoms with Crippen LogP contribution in [0.4, 0.5) is 4.39 Å². The number of carbonyl (C=O) groups excluding carboxylic acids is 1. The zero-order valence-electron chi connectivity index (χ0n) is 10.0. The number of sulfonamides is 1. The van der Waals surface area contributed by atoms with Crippen LogP contribution in [0.25, 0.3) is 0 Å². The van der Waals surface area contributed by atoms with E-state index in [0.717, 1.165) is 10.4 Å². The molecular formula is C12H14FNO3S. The molecule has 0 atom stereocenters. The molecule has 1 aromatic carbocycles. The predicted molar refractivity (Wildman–Crippen MR) is 64.1 cm³/mol. The van der Waals surface area contributed by atoms with Gasteiger partial charge in [-0.3, -0.25) is 4.79 Å². The third kappa shape index (κ3) is 2.44. The summed E-state index contributed by atoms with van der Waals surface area (Å²) in [5, 5.41) is 0. The average molecular weight is 271 g/mol. The highest BCUT2D eigenvalue weighted by Gasteiger charge is 2.29. The molecule has 1 heterocycles. The highest BCUT2D eigenvalue weighted by molar-refractivity contribution is 7.89. The minimum atomic E-state index is -3.69. The minimum Gasteiger partial charge on any atom is -0.298 e. The summed E-state index contributed by atoms with van der Waals surface area (Å²) in [5.41, 5.74) is 0.277. The van der Waals surface area contributed by atoms with Crippen LogP contribution in [0.5, 0.6) is 0 Å². The first-order valence-corrected chi connectivity index (χ1v) is 7.13.